The van der Waals surface area contributed by atoms with Crippen LogP contribution in [-0.2, 0) is 17.9 Å². The number of thiophene rings is 1. The fourth-order valence-electron chi connectivity index (χ4n) is 3.36. The highest BCUT2D eigenvalue weighted by Crippen LogP contribution is 2.30. The predicted molar refractivity (Wildman–Crippen MR) is 116 cm³/mol. The van der Waals surface area contributed by atoms with Gasteiger partial charge in [0.1, 0.15) is 6.61 Å². The van der Waals surface area contributed by atoms with Crippen LogP contribution >= 0.6 is 23.7 Å². The Kier molecular flexibility index (Phi) is 9.09. The molecule has 1 atom stereocenters. The van der Waals surface area contributed by atoms with Gasteiger partial charge >= 0.3 is 0 Å². The second kappa shape index (κ2) is 11.3. The van der Waals surface area contributed by atoms with E-state index in [0.717, 1.165) is 37.2 Å². The number of carbonyl (C=O) groups is 1. The summed E-state index contributed by atoms with van der Waals surface area (Å²) in [6, 6.07) is 9.99. The molecule has 1 aliphatic heterocycles. The smallest absolute Gasteiger partial charge is 0.227 e. The summed E-state index contributed by atoms with van der Waals surface area (Å²) in [6.07, 6.45) is 2.04. The Morgan fingerprint density at radius 1 is 1.32 bits per heavy atom. The van der Waals surface area contributed by atoms with Crippen LogP contribution in [0.2, 0.25) is 0 Å². The van der Waals surface area contributed by atoms with Crippen molar-refractivity contribution in [3.05, 3.63) is 46.2 Å². The largest absolute Gasteiger partial charge is 0.493 e. The van der Waals surface area contributed by atoms with Crippen molar-refractivity contribution < 1.29 is 14.3 Å². The molecule has 154 valence electrons. The second-order valence-corrected chi connectivity index (χ2v) is 7.78. The molecular weight excluding hydrogens is 396 g/mol. The Morgan fingerprint density at radius 2 is 2.18 bits per heavy atom. The highest BCUT2D eigenvalue weighted by molar-refractivity contribution is 7.09. The maximum Gasteiger partial charge on any atom is 0.227 e. The van der Waals surface area contributed by atoms with Crippen LogP contribution in [-0.4, -0.2) is 37.6 Å². The first-order valence-electron chi connectivity index (χ1n) is 9.53. The number of piperidine rings is 1. The standard InChI is InChI=1S/C21H28N2O3S.ClH/c1-3-23(21(24)17-6-4-10-22-13-17)14-16-8-9-19(20(12-16)25-2)26-15-18-7-5-11-27-18;/h5,7-9,11-12,17,22H,3-4,6,10,13-15H2,1-2H3;1H. The monoisotopic (exact) mass is 424 g/mol. The Balaban J connectivity index is 0.00000280. The van der Waals surface area contributed by atoms with E-state index in [9.17, 15) is 4.79 Å². The molecule has 2 aromatic rings. The van der Waals surface area contributed by atoms with E-state index in [1.54, 1.807) is 18.4 Å². The number of ether oxygens (including phenoxy) is 2. The number of methoxy groups -OCH3 is 1. The number of nitrogens with zero attached hydrogens (tertiary/aromatic N) is 1. The predicted octanol–water partition coefficient (Wildman–Crippen LogP) is 4.11. The van der Waals surface area contributed by atoms with Crippen LogP contribution in [0, 0.1) is 5.92 Å². The minimum absolute atomic E-state index is 0. The van der Waals surface area contributed by atoms with Gasteiger partial charge in [-0.25, -0.2) is 0 Å². The second-order valence-electron chi connectivity index (χ2n) is 6.75. The highest BCUT2D eigenvalue weighted by atomic mass is 35.5. The van der Waals surface area contributed by atoms with E-state index in [1.807, 2.05) is 41.5 Å². The van der Waals surface area contributed by atoms with Crippen LogP contribution in [0.1, 0.15) is 30.2 Å². The average Bonchev–Trinajstić information content (AvgIpc) is 3.24. The Morgan fingerprint density at radius 3 is 2.82 bits per heavy atom. The summed E-state index contributed by atoms with van der Waals surface area (Å²) in [7, 11) is 1.65. The fraction of sp³-hybridized carbons (Fsp3) is 0.476. The fourth-order valence-corrected chi connectivity index (χ4v) is 3.98. The highest BCUT2D eigenvalue weighted by Gasteiger charge is 2.25. The SMILES string of the molecule is CCN(Cc1ccc(OCc2cccs2)c(OC)c1)C(=O)C1CCCNC1.Cl. The summed E-state index contributed by atoms with van der Waals surface area (Å²) in [4.78, 5) is 15.9. The van der Waals surface area contributed by atoms with Gasteiger partial charge in [0.2, 0.25) is 5.91 Å². The maximum atomic E-state index is 12.8. The lowest BCUT2D eigenvalue weighted by molar-refractivity contribution is -0.136. The van der Waals surface area contributed by atoms with Crippen molar-refractivity contribution in [2.75, 3.05) is 26.7 Å². The molecule has 3 rings (SSSR count). The van der Waals surface area contributed by atoms with Crippen molar-refractivity contribution in [3.8, 4) is 11.5 Å². The van der Waals surface area contributed by atoms with Crippen LogP contribution in [0.15, 0.2) is 35.7 Å². The van der Waals surface area contributed by atoms with E-state index in [2.05, 4.69) is 11.4 Å². The molecule has 0 aliphatic carbocycles. The quantitative estimate of drug-likeness (QED) is 0.692. The normalized spacial score (nSPS) is 16.1. The van der Waals surface area contributed by atoms with Crippen LogP contribution in [0.5, 0.6) is 11.5 Å². The number of benzene rings is 1. The van der Waals surface area contributed by atoms with Gasteiger partial charge in [-0.2, -0.15) is 0 Å². The molecular formula is C21H29ClN2O3S. The third-order valence-electron chi connectivity index (χ3n) is 4.89. The van der Waals surface area contributed by atoms with Gasteiger partial charge in [0.25, 0.3) is 0 Å². The van der Waals surface area contributed by atoms with Gasteiger partial charge in [0, 0.05) is 24.5 Å². The molecule has 1 aromatic carbocycles. The average molecular weight is 425 g/mol. The molecule has 0 radical (unpaired) electrons. The van der Waals surface area contributed by atoms with Crippen LogP contribution in [0.3, 0.4) is 0 Å². The molecule has 1 unspecified atom stereocenters. The van der Waals surface area contributed by atoms with Crippen molar-refractivity contribution in [2.24, 2.45) is 5.92 Å². The zero-order valence-corrected chi connectivity index (χ0v) is 18.1. The minimum Gasteiger partial charge on any atom is -0.493 e. The zero-order chi connectivity index (χ0) is 19.1. The molecule has 1 N–H and O–H groups in total. The number of hydrogen-bond acceptors (Lipinski definition) is 5. The lowest BCUT2D eigenvalue weighted by Gasteiger charge is -2.29. The molecule has 5 nitrogen and oxygen atoms in total. The molecule has 7 heteroatoms. The summed E-state index contributed by atoms with van der Waals surface area (Å²) >= 11 is 1.67. The Labute approximate surface area is 177 Å². The summed E-state index contributed by atoms with van der Waals surface area (Å²) in [6.45, 7) is 5.65. The van der Waals surface area contributed by atoms with Gasteiger partial charge in [-0.1, -0.05) is 12.1 Å². The van der Waals surface area contributed by atoms with E-state index in [4.69, 9.17) is 9.47 Å². The van der Waals surface area contributed by atoms with E-state index in [0.29, 0.717) is 25.4 Å². The Hall–Kier alpha value is -1.76. The molecule has 1 fully saturated rings. The van der Waals surface area contributed by atoms with Crippen LogP contribution in [0.25, 0.3) is 0 Å². The van der Waals surface area contributed by atoms with Crippen LogP contribution < -0.4 is 14.8 Å². The van der Waals surface area contributed by atoms with Gasteiger partial charge in [0.05, 0.1) is 13.0 Å². The third kappa shape index (κ3) is 5.87. The number of rotatable bonds is 8. The summed E-state index contributed by atoms with van der Waals surface area (Å²) in [5.74, 6) is 1.75. The molecule has 1 saturated heterocycles. The number of hydrogen-bond donors (Lipinski definition) is 1. The molecule has 1 aromatic heterocycles. The molecule has 1 amide bonds. The van der Waals surface area contributed by atoms with E-state index >= 15 is 0 Å². The summed E-state index contributed by atoms with van der Waals surface area (Å²) in [5.41, 5.74) is 1.05. The first-order chi connectivity index (χ1) is 13.2. The molecule has 1 aliphatic rings. The van der Waals surface area contributed by atoms with Crippen molar-refractivity contribution in [1.29, 1.82) is 0 Å². The van der Waals surface area contributed by atoms with Crippen LogP contribution in [0.4, 0.5) is 0 Å². The van der Waals surface area contributed by atoms with Gasteiger partial charge in [-0.3, -0.25) is 4.79 Å². The molecule has 0 saturated carbocycles. The summed E-state index contributed by atoms with van der Waals surface area (Å²) < 4.78 is 11.4. The topological polar surface area (TPSA) is 50.8 Å². The third-order valence-corrected chi connectivity index (χ3v) is 5.74. The van der Waals surface area contributed by atoms with Crippen molar-refractivity contribution in [2.45, 2.75) is 32.9 Å². The van der Waals surface area contributed by atoms with E-state index in [1.165, 1.54) is 4.88 Å². The zero-order valence-electron chi connectivity index (χ0n) is 16.5. The van der Waals surface area contributed by atoms with Gasteiger partial charge < -0.3 is 19.7 Å². The van der Waals surface area contributed by atoms with Crippen molar-refractivity contribution in [3.63, 3.8) is 0 Å². The number of nitrogens with one attached hydrogen (secondary N) is 1. The molecule has 0 spiro atoms. The number of halogens is 1. The first-order valence-corrected chi connectivity index (χ1v) is 10.4. The van der Waals surface area contributed by atoms with Crippen molar-refractivity contribution in [1.82, 2.24) is 10.2 Å². The molecule has 28 heavy (non-hydrogen) atoms. The van der Waals surface area contributed by atoms with Crippen molar-refractivity contribution >= 4 is 29.7 Å². The summed E-state index contributed by atoms with van der Waals surface area (Å²) in [5, 5.41) is 5.37. The minimum atomic E-state index is 0. The molecule has 2 heterocycles. The lowest BCUT2D eigenvalue weighted by Crippen LogP contribution is -2.42. The molecule has 0 bridgehead atoms. The van der Waals surface area contributed by atoms with E-state index < -0.39 is 0 Å². The Bertz CT molecular complexity index is 733. The number of carbonyl (C=O) groups excluding carboxylic acids is 1. The number of amides is 1. The van der Waals surface area contributed by atoms with E-state index in [-0.39, 0.29) is 24.2 Å². The van der Waals surface area contributed by atoms with Gasteiger partial charge in [0.15, 0.2) is 11.5 Å². The van der Waals surface area contributed by atoms with Gasteiger partial charge in [-0.15, -0.1) is 23.7 Å². The lowest BCUT2D eigenvalue weighted by atomic mass is 9.98. The maximum absolute atomic E-state index is 12.8. The van der Waals surface area contributed by atoms with Gasteiger partial charge in [-0.05, 0) is 55.5 Å². The first kappa shape index (κ1) is 22.5.